The molecule has 2 N–H and O–H groups in total. The lowest BCUT2D eigenvalue weighted by Gasteiger charge is -2.29. The summed E-state index contributed by atoms with van der Waals surface area (Å²) in [5.74, 6) is 0.801. The number of benzene rings is 1. The van der Waals surface area contributed by atoms with Crippen molar-refractivity contribution < 1.29 is 5.11 Å². The van der Waals surface area contributed by atoms with Crippen LogP contribution in [0.4, 0.5) is 0 Å². The molecule has 0 spiro atoms. The number of phenols is 1. The second kappa shape index (κ2) is 7.87. The first-order valence-corrected chi connectivity index (χ1v) is 7.93. The van der Waals surface area contributed by atoms with Gasteiger partial charge in [-0.3, -0.25) is 0 Å². The van der Waals surface area contributed by atoms with E-state index in [2.05, 4.69) is 17.1 Å². The number of piperidine rings is 1. The smallest absolute Gasteiger partial charge is 0.134 e. The fraction of sp³-hybridized carbons (Fsp3) is 0.625. The minimum atomic E-state index is 0.147. The van der Waals surface area contributed by atoms with Crippen molar-refractivity contribution in [3.05, 3.63) is 28.8 Å². The Hall–Kier alpha value is -0.770. The lowest BCUT2D eigenvalue weighted by Crippen LogP contribution is -2.36. The van der Waals surface area contributed by atoms with Crippen LogP contribution in [0.1, 0.15) is 31.7 Å². The average Bonchev–Trinajstić information content (AvgIpc) is 2.44. The molecule has 1 aromatic rings. The van der Waals surface area contributed by atoms with Gasteiger partial charge < -0.3 is 15.3 Å². The number of halogens is 1. The Morgan fingerprint density at radius 3 is 2.75 bits per heavy atom. The number of nitrogens with one attached hydrogen (secondary N) is 1. The van der Waals surface area contributed by atoms with Crippen molar-refractivity contribution in [2.45, 2.75) is 32.7 Å². The second-order valence-corrected chi connectivity index (χ2v) is 6.29. The van der Waals surface area contributed by atoms with Gasteiger partial charge in [0.1, 0.15) is 5.75 Å². The largest absolute Gasteiger partial charge is 0.506 e. The molecule has 4 heteroatoms. The summed E-state index contributed by atoms with van der Waals surface area (Å²) in [4.78, 5) is 2.58. The Morgan fingerprint density at radius 1 is 1.30 bits per heavy atom. The first-order valence-electron chi connectivity index (χ1n) is 7.55. The molecule has 1 aromatic carbocycles. The maximum absolute atomic E-state index is 9.38. The van der Waals surface area contributed by atoms with Crippen molar-refractivity contribution in [3.63, 3.8) is 0 Å². The van der Waals surface area contributed by atoms with E-state index in [0.29, 0.717) is 10.9 Å². The lowest BCUT2D eigenvalue weighted by atomic mass is 10.1. The van der Waals surface area contributed by atoms with Crippen LogP contribution in [0.25, 0.3) is 0 Å². The van der Waals surface area contributed by atoms with Crippen LogP contribution in [0.3, 0.4) is 0 Å². The van der Waals surface area contributed by atoms with E-state index in [4.69, 9.17) is 11.6 Å². The monoisotopic (exact) mass is 296 g/mol. The normalized spacial score (nSPS) is 18.1. The third-order valence-electron chi connectivity index (χ3n) is 3.85. The zero-order valence-corrected chi connectivity index (χ0v) is 13.0. The Kier molecular flexibility index (Phi) is 6.14. The van der Waals surface area contributed by atoms with E-state index in [0.717, 1.165) is 18.7 Å². The van der Waals surface area contributed by atoms with Crippen molar-refractivity contribution in [1.82, 2.24) is 10.2 Å². The van der Waals surface area contributed by atoms with Crippen molar-refractivity contribution in [2.75, 3.05) is 26.2 Å². The molecular formula is C16H25ClN2O. The molecular weight excluding hydrogens is 272 g/mol. The van der Waals surface area contributed by atoms with E-state index in [-0.39, 0.29) is 5.75 Å². The molecule has 0 aromatic heterocycles. The zero-order valence-electron chi connectivity index (χ0n) is 12.2. The summed E-state index contributed by atoms with van der Waals surface area (Å²) in [6, 6.07) is 5.37. The molecule has 1 aliphatic heterocycles. The fourth-order valence-electron chi connectivity index (χ4n) is 2.77. The van der Waals surface area contributed by atoms with Crippen LogP contribution in [0.2, 0.25) is 5.02 Å². The summed E-state index contributed by atoms with van der Waals surface area (Å²) in [7, 11) is 0. The van der Waals surface area contributed by atoms with Gasteiger partial charge in [-0.25, -0.2) is 0 Å². The molecule has 0 saturated carbocycles. The minimum absolute atomic E-state index is 0.147. The first kappa shape index (κ1) is 15.6. The maximum atomic E-state index is 9.38. The summed E-state index contributed by atoms with van der Waals surface area (Å²) >= 11 is 5.90. The highest BCUT2D eigenvalue weighted by Gasteiger charge is 2.13. The summed E-state index contributed by atoms with van der Waals surface area (Å²) in [5.41, 5.74) is 1.11. The van der Waals surface area contributed by atoms with Gasteiger partial charge in [-0.15, -0.1) is 0 Å². The highest BCUT2D eigenvalue weighted by Crippen LogP contribution is 2.23. The van der Waals surface area contributed by atoms with Crippen LogP contribution in [0.5, 0.6) is 5.75 Å². The third-order valence-corrected chi connectivity index (χ3v) is 4.16. The van der Waals surface area contributed by atoms with Gasteiger partial charge in [0.25, 0.3) is 0 Å². The molecule has 3 nitrogen and oxygen atoms in total. The molecule has 2 rings (SSSR count). The van der Waals surface area contributed by atoms with Gasteiger partial charge in [0, 0.05) is 13.1 Å². The van der Waals surface area contributed by atoms with Crippen LogP contribution in [-0.4, -0.2) is 36.2 Å². The zero-order chi connectivity index (χ0) is 14.4. The summed E-state index contributed by atoms with van der Waals surface area (Å²) in [6.45, 7) is 7.81. The van der Waals surface area contributed by atoms with Gasteiger partial charge in [-0.1, -0.05) is 31.0 Å². The minimum Gasteiger partial charge on any atom is -0.506 e. The van der Waals surface area contributed by atoms with Crippen LogP contribution in [-0.2, 0) is 6.54 Å². The Balaban J connectivity index is 1.67. The molecule has 0 amide bonds. The maximum Gasteiger partial charge on any atom is 0.134 e. The molecule has 0 radical (unpaired) electrons. The standard InChI is InChI=1S/C16H25ClN2O/c1-13(12-19-7-3-2-4-8-19)10-18-11-14-5-6-16(20)15(17)9-14/h5-6,9,13,18,20H,2-4,7-8,10-12H2,1H3. The number of hydrogen-bond acceptors (Lipinski definition) is 3. The predicted molar refractivity (Wildman–Crippen MR) is 84.3 cm³/mol. The molecule has 1 unspecified atom stereocenters. The Labute approximate surface area is 126 Å². The van der Waals surface area contributed by atoms with Gasteiger partial charge in [0.15, 0.2) is 0 Å². The van der Waals surface area contributed by atoms with E-state index in [1.165, 1.54) is 38.9 Å². The lowest BCUT2D eigenvalue weighted by molar-refractivity contribution is 0.199. The van der Waals surface area contributed by atoms with Crippen LogP contribution in [0.15, 0.2) is 18.2 Å². The van der Waals surface area contributed by atoms with Crippen LogP contribution in [0, 0.1) is 5.92 Å². The highest BCUT2D eigenvalue weighted by atomic mass is 35.5. The van der Waals surface area contributed by atoms with Crippen LogP contribution < -0.4 is 5.32 Å². The highest BCUT2D eigenvalue weighted by molar-refractivity contribution is 6.32. The average molecular weight is 297 g/mol. The quantitative estimate of drug-likeness (QED) is 0.846. The number of nitrogens with zero attached hydrogens (tertiary/aromatic N) is 1. The number of aromatic hydroxyl groups is 1. The van der Waals surface area contributed by atoms with Gasteiger partial charge in [-0.2, -0.15) is 0 Å². The number of hydrogen-bond donors (Lipinski definition) is 2. The van der Waals surface area contributed by atoms with E-state index in [1.807, 2.05) is 12.1 Å². The molecule has 1 heterocycles. The molecule has 20 heavy (non-hydrogen) atoms. The van der Waals surface area contributed by atoms with E-state index in [1.54, 1.807) is 6.07 Å². The molecule has 0 bridgehead atoms. The second-order valence-electron chi connectivity index (χ2n) is 5.88. The summed E-state index contributed by atoms with van der Waals surface area (Å²) in [6.07, 6.45) is 4.10. The molecule has 1 saturated heterocycles. The molecule has 1 aliphatic rings. The fourth-order valence-corrected chi connectivity index (χ4v) is 2.97. The van der Waals surface area contributed by atoms with Gasteiger partial charge in [-0.05, 0) is 56.1 Å². The van der Waals surface area contributed by atoms with Crippen LogP contribution >= 0.6 is 11.6 Å². The molecule has 1 fully saturated rings. The van der Waals surface area contributed by atoms with E-state index < -0.39 is 0 Å². The third kappa shape index (κ3) is 4.97. The predicted octanol–water partition coefficient (Wildman–Crippen LogP) is 3.26. The molecule has 1 atom stereocenters. The number of likely N-dealkylation sites (tertiary alicyclic amines) is 1. The first-order chi connectivity index (χ1) is 9.65. The molecule has 112 valence electrons. The SMILES string of the molecule is CC(CNCc1ccc(O)c(Cl)c1)CN1CCCCC1. The van der Waals surface area contributed by atoms with Crippen molar-refractivity contribution >= 4 is 11.6 Å². The van der Waals surface area contributed by atoms with Crippen molar-refractivity contribution in [2.24, 2.45) is 5.92 Å². The number of phenolic OH excluding ortho intramolecular Hbond substituents is 1. The number of rotatable bonds is 6. The van der Waals surface area contributed by atoms with Gasteiger partial charge in [0.2, 0.25) is 0 Å². The van der Waals surface area contributed by atoms with E-state index in [9.17, 15) is 5.11 Å². The summed E-state index contributed by atoms with van der Waals surface area (Å²) in [5, 5.41) is 13.3. The van der Waals surface area contributed by atoms with E-state index >= 15 is 0 Å². The topological polar surface area (TPSA) is 35.5 Å². The van der Waals surface area contributed by atoms with Gasteiger partial charge >= 0.3 is 0 Å². The Bertz CT molecular complexity index is 419. The Morgan fingerprint density at radius 2 is 2.05 bits per heavy atom. The summed E-state index contributed by atoms with van der Waals surface area (Å²) < 4.78 is 0. The van der Waals surface area contributed by atoms with Crippen molar-refractivity contribution in [3.8, 4) is 5.75 Å². The van der Waals surface area contributed by atoms with Crippen molar-refractivity contribution in [1.29, 1.82) is 0 Å². The van der Waals surface area contributed by atoms with Gasteiger partial charge in [0.05, 0.1) is 5.02 Å². The molecule has 0 aliphatic carbocycles.